The van der Waals surface area contributed by atoms with Crippen LogP contribution in [0.4, 0.5) is 0 Å². The fourth-order valence-electron chi connectivity index (χ4n) is 2.19. The lowest BCUT2D eigenvalue weighted by Crippen LogP contribution is -2.31. The second kappa shape index (κ2) is 5.46. The van der Waals surface area contributed by atoms with Gasteiger partial charge >= 0.3 is 0 Å². The zero-order valence-corrected chi connectivity index (χ0v) is 10.2. The molecule has 1 fully saturated rings. The molecule has 0 spiro atoms. The average molecular weight is 219 g/mol. The summed E-state index contributed by atoms with van der Waals surface area (Å²) < 4.78 is 5.91. The number of hydrogen-bond acceptors (Lipinski definition) is 2. The molecular formula is C14H21NO. The van der Waals surface area contributed by atoms with Crippen LogP contribution < -0.4 is 5.32 Å². The van der Waals surface area contributed by atoms with E-state index in [0.717, 1.165) is 26.0 Å². The molecule has 2 nitrogen and oxygen atoms in total. The zero-order chi connectivity index (χ0) is 11.4. The summed E-state index contributed by atoms with van der Waals surface area (Å²) >= 11 is 0. The van der Waals surface area contributed by atoms with Gasteiger partial charge in [-0.15, -0.1) is 0 Å². The monoisotopic (exact) mass is 219 g/mol. The Morgan fingerprint density at radius 2 is 2.06 bits per heavy atom. The summed E-state index contributed by atoms with van der Waals surface area (Å²) in [4.78, 5) is 0. The lowest BCUT2D eigenvalue weighted by molar-refractivity contribution is 0.0462. The average Bonchev–Trinajstić information content (AvgIpc) is 2.54. The number of hydrogen-bond donors (Lipinski definition) is 1. The molecule has 0 saturated carbocycles. The minimum Gasteiger partial charge on any atom is -0.372 e. The number of rotatable bonds is 2. The summed E-state index contributed by atoms with van der Waals surface area (Å²) in [5, 5.41) is 3.50. The third-order valence-electron chi connectivity index (χ3n) is 3.26. The molecule has 1 N–H and O–H groups in total. The standard InChI is InChI=1S/C14H21NO/c1-3-12-5-7-13(8-6-12)14-11(2)15-9-4-10-16-14/h5-8,11,14-15H,3-4,9-10H2,1-2H3. The van der Waals surface area contributed by atoms with Gasteiger partial charge in [0, 0.05) is 12.6 Å². The second-order valence-electron chi connectivity index (χ2n) is 4.48. The second-order valence-corrected chi connectivity index (χ2v) is 4.48. The van der Waals surface area contributed by atoms with Crippen LogP contribution in [-0.4, -0.2) is 19.2 Å². The van der Waals surface area contributed by atoms with Crippen molar-refractivity contribution in [3.8, 4) is 0 Å². The highest BCUT2D eigenvalue weighted by molar-refractivity contribution is 5.25. The summed E-state index contributed by atoms with van der Waals surface area (Å²) in [5.41, 5.74) is 2.68. The van der Waals surface area contributed by atoms with Crippen molar-refractivity contribution in [3.63, 3.8) is 0 Å². The molecule has 0 radical (unpaired) electrons. The molecular weight excluding hydrogens is 198 g/mol. The van der Waals surface area contributed by atoms with Crippen molar-refractivity contribution >= 4 is 0 Å². The number of aryl methyl sites for hydroxylation is 1. The van der Waals surface area contributed by atoms with Crippen molar-refractivity contribution in [3.05, 3.63) is 35.4 Å². The van der Waals surface area contributed by atoms with Crippen LogP contribution in [0.25, 0.3) is 0 Å². The van der Waals surface area contributed by atoms with E-state index in [4.69, 9.17) is 4.74 Å². The predicted molar refractivity (Wildman–Crippen MR) is 66.6 cm³/mol. The molecule has 2 heteroatoms. The van der Waals surface area contributed by atoms with Crippen LogP contribution in [0.5, 0.6) is 0 Å². The fraction of sp³-hybridized carbons (Fsp3) is 0.571. The molecule has 1 heterocycles. The number of benzene rings is 1. The summed E-state index contributed by atoms with van der Waals surface area (Å²) in [5.74, 6) is 0. The van der Waals surface area contributed by atoms with Crippen molar-refractivity contribution < 1.29 is 4.74 Å². The zero-order valence-electron chi connectivity index (χ0n) is 10.2. The molecule has 1 aromatic carbocycles. The Hall–Kier alpha value is -0.860. The molecule has 88 valence electrons. The molecule has 0 bridgehead atoms. The Bertz CT molecular complexity index is 320. The first-order valence-electron chi connectivity index (χ1n) is 6.25. The van der Waals surface area contributed by atoms with Crippen molar-refractivity contribution in [2.24, 2.45) is 0 Å². The summed E-state index contributed by atoms with van der Waals surface area (Å²) in [6, 6.07) is 9.21. The van der Waals surface area contributed by atoms with Gasteiger partial charge in [0.05, 0.1) is 6.10 Å². The minimum atomic E-state index is 0.202. The smallest absolute Gasteiger partial charge is 0.0975 e. The van der Waals surface area contributed by atoms with Crippen molar-refractivity contribution in [1.29, 1.82) is 0 Å². The van der Waals surface area contributed by atoms with Gasteiger partial charge in [0.25, 0.3) is 0 Å². The lowest BCUT2D eigenvalue weighted by atomic mass is 10.0. The Balaban J connectivity index is 2.14. The molecule has 2 atom stereocenters. The van der Waals surface area contributed by atoms with Crippen LogP contribution in [0.15, 0.2) is 24.3 Å². The van der Waals surface area contributed by atoms with Gasteiger partial charge in [-0.2, -0.15) is 0 Å². The van der Waals surface area contributed by atoms with E-state index in [0.29, 0.717) is 6.04 Å². The Morgan fingerprint density at radius 1 is 1.31 bits per heavy atom. The molecule has 0 aromatic heterocycles. The summed E-state index contributed by atoms with van der Waals surface area (Å²) in [7, 11) is 0. The van der Waals surface area contributed by atoms with E-state index in [1.165, 1.54) is 11.1 Å². The van der Waals surface area contributed by atoms with Crippen molar-refractivity contribution in [2.45, 2.75) is 38.8 Å². The van der Waals surface area contributed by atoms with Gasteiger partial charge in [-0.1, -0.05) is 31.2 Å². The topological polar surface area (TPSA) is 21.3 Å². The highest BCUT2D eigenvalue weighted by Gasteiger charge is 2.21. The predicted octanol–water partition coefficient (Wildman–Crippen LogP) is 2.69. The molecule has 1 aliphatic heterocycles. The lowest BCUT2D eigenvalue weighted by Gasteiger charge is -2.22. The first-order valence-corrected chi connectivity index (χ1v) is 6.25. The van der Waals surface area contributed by atoms with Crippen LogP contribution in [-0.2, 0) is 11.2 Å². The normalized spacial score (nSPS) is 26.4. The van der Waals surface area contributed by atoms with E-state index in [-0.39, 0.29) is 6.10 Å². The highest BCUT2D eigenvalue weighted by Crippen LogP contribution is 2.23. The fourth-order valence-corrected chi connectivity index (χ4v) is 2.19. The Morgan fingerprint density at radius 3 is 2.75 bits per heavy atom. The molecule has 2 unspecified atom stereocenters. The van der Waals surface area contributed by atoms with E-state index in [1.807, 2.05) is 0 Å². The molecule has 1 aromatic rings. The highest BCUT2D eigenvalue weighted by atomic mass is 16.5. The van der Waals surface area contributed by atoms with Crippen LogP contribution in [0, 0.1) is 0 Å². The summed E-state index contributed by atoms with van der Waals surface area (Å²) in [6.07, 6.45) is 2.40. The van der Waals surface area contributed by atoms with Crippen LogP contribution in [0.1, 0.15) is 37.5 Å². The first-order chi connectivity index (χ1) is 7.81. The van der Waals surface area contributed by atoms with E-state index in [2.05, 4.69) is 43.4 Å². The summed E-state index contributed by atoms with van der Waals surface area (Å²) in [6.45, 7) is 6.30. The SMILES string of the molecule is CCc1ccc(C2OCCCNC2C)cc1. The van der Waals surface area contributed by atoms with E-state index in [9.17, 15) is 0 Å². The molecule has 1 aliphatic rings. The van der Waals surface area contributed by atoms with E-state index >= 15 is 0 Å². The quantitative estimate of drug-likeness (QED) is 0.825. The van der Waals surface area contributed by atoms with Gasteiger partial charge in [0.1, 0.15) is 0 Å². The molecule has 0 aliphatic carbocycles. The molecule has 16 heavy (non-hydrogen) atoms. The van der Waals surface area contributed by atoms with E-state index in [1.54, 1.807) is 0 Å². The molecule has 1 saturated heterocycles. The van der Waals surface area contributed by atoms with Crippen LogP contribution >= 0.6 is 0 Å². The van der Waals surface area contributed by atoms with Gasteiger partial charge < -0.3 is 10.1 Å². The van der Waals surface area contributed by atoms with Gasteiger partial charge in [0.2, 0.25) is 0 Å². The van der Waals surface area contributed by atoms with Crippen molar-refractivity contribution in [2.75, 3.05) is 13.2 Å². The van der Waals surface area contributed by atoms with Gasteiger partial charge in [-0.3, -0.25) is 0 Å². The van der Waals surface area contributed by atoms with Gasteiger partial charge in [-0.25, -0.2) is 0 Å². The van der Waals surface area contributed by atoms with E-state index < -0.39 is 0 Å². The Labute approximate surface area is 98.0 Å². The molecule has 2 rings (SSSR count). The number of nitrogens with one attached hydrogen (secondary N) is 1. The first kappa shape index (κ1) is 11.6. The third-order valence-corrected chi connectivity index (χ3v) is 3.26. The van der Waals surface area contributed by atoms with Crippen molar-refractivity contribution in [1.82, 2.24) is 5.32 Å². The van der Waals surface area contributed by atoms with Crippen LogP contribution in [0.3, 0.4) is 0 Å². The van der Waals surface area contributed by atoms with Gasteiger partial charge in [-0.05, 0) is 37.4 Å². The third kappa shape index (κ3) is 2.63. The maximum atomic E-state index is 5.91. The minimum absolute atomic E-state index is 0.202. The molecule has 0 amide bonds. The maximum absolute atomic E-state index is 5.91. The van der Waals surface area contributed by atoms with Crippen LogP contribution in [0.2, 0.25) is 0 Å². The Kier molecular flexibility index (Phi) is 3.97. The largest absolute Gasteiger partial charge is 0.372 e. The van der Waals surface area contributed by atoms with Gasteiger partial charge in [0.15, 0.2) is 0 Å². The number of ether oxygens (including phenoxy) is 1. The maximum Gasteiger partial charge on any atom is 0.0975 e.